The lowest BCUT2D eigenvalue weighted by atomic mass is 10.3. The Hall–Kier alpha value is -0.200. The van der Waals surface area contributed by atoms with E-state index in [4.69, 9.17) is 11.5 Å². The molecule has 0 aromatic heterocycles. The minimum Gasteiger partial charge on any atom is -0.329 e. The molecular formula is C11H27N5. The molecule has 0 saturated carbocycles. The molecule has 1 aliphatic rings. The van der Waals surface area contributed by atoms with E-state index in [0.29, 0.717) is 0 Å². The first kappa shape index (κ1) is 13.9. The van der Waals surface area contributed by atoms with Crippen LogP contribution in [0.5, 0.6) is 0 Å². The summed E-state index contributed by atoms with van der Waals surface area (Å²) in [6.45, 7) is 10.5. The van der Waals surface area contributed by atoms with Gasteiger partial charge in [-0.1, -0.05) is 0 Å². The topological polar surface area (TPSA) is 61.8 Å². The smallest absolute Gasteiger partial charge is 0.0110 e. The quantitative estimate of drug-likeness (QED) is 0.554. The minimum atomic E-state index is 0.751. The van der Waals surface area contributed by atoms with Gasteiger partial charge >= 0.3 is 0 Å². The summed E-state index contributed by atoms with van der Waals surface area (Å²) >= 11 is 0. The standard InChI is InChI=1S/C11H27N5/c1-14(4-2-12)6-7-16-10-8-15(5-3-13)9-11-16/h2-13H2,1H3. The van der Waals surface area contributed by atoms with Gasteiger partial charge in [0.1, 0.15) is 0 Å². The van der Waals surface area contributed by atoms with Crippen molar-refractivity contribution in [2.75, 3.05) is 72.5 Å². The van der Waals surface area contributed by atoms with Crippen LogP contribution in [0.25, 0.3) is 0 Å². The third kappa shape index (κ3) is 5.23. The van der Waals surface area contributed by atoms with Crippen molar-refractivity contribution in [2.45, 2.75) is 0 Å². The second kappa shape index (κ2) is 7.97. The second-order valence-corrected chi connectivity index (χ2v) is 4.56. The van der Waals surface area contributed by atoms with Crippen molar-refractivity contribution in [1.82, 2.24) is 14.7 Å². The molecule has 96 valence electrons. The van der Waals surface area contributed by atoms with Crippen molar-refractivity contribution in [3.8, 4) is 0 Å². The Labute approximate surface area is 99.3 Å². The molecule has 0 unspecified atom stereocenters. The molecule has 0 bridgehead atoms. The maximum absolute atomic E-state index is 5.55. The summed E-state index contributed by atoms with van der Waals surface area (Å²) in [5, 5.41) is 0. The van der Waals surface area contributed by atoms with Crippen LogP contribution in [0.3, 0.4) is 0 Å². The minimum absolute atomic E-state index is 0.751. The van der Waals surface area contributed by atoms with E-state index in [1.165, 1.54) is 13.1 Å². The Morgan fingerprint density at radius 1 is 0.875 bits per heavy atom. The van der Waals surface area contributed by atoms with Crippen LogP contribution in [-0.2, 0) is 0 Å². The van der Waals surface area contributed by atoms with Gasteiger partial charge in [-0.2, -0.15) is 0 Å². The molecule has 1 fully saturated rings. The van der Waals surface area contributed by atoms with Crippen molar-refractivity contribution < 1.29 is 0 Å². The molecule has 0 atom stereocenters. The summed E-state index contributed by atoms with van der Waals surface area (Å²) in [5.41, 5.74) is 11.1. The molecule has 0 aromatic carbocycles. The van der Waals surface area contributed by atoms with Crippen LogP contribution in [0.1, 0.15) is 0 Å². The normalized spacial score (nSPS) is 19.5. The summed E-state index contributed by atoms with van der Waals surface area (Å²) in [6, 6.07) is 0. The fourth-order valence-electron chi connectivity index (χ4n) is 2.06. The molecule has 1 heterocycles. The molecular weight excluding hydrogens is 202 g/mol. The fraction of sp³-hybridized carbons (Fsp3) is 1.00. The molecule has 0 aliphatic carbocycles. The monoisotopic (exact) mass is 229 g/mol. The zero-order valence-corrected chi connectivity index (χ0v) is 10.6. The molecule has 0 aromatic rings. The number of piperazine rings is 1. The maximum atomic E-state index is 5.55. The van der Waals surface area contributed by atoms with Crippen LogP contribution in [-0.4, -0.2) is 87.2 Å². The zero-order valence-electron chi connectivity index (χ0n) is 10.6. The van der Waals surface area contributed by atoms with Gasteiger partial charge in [-0.25, -0.2) is 0 Å². The number of nitrogens with zero attached hydrogens (tertiary/aromatic N) is 3. The number of likely N-dealkylation sites (N-methyl/N-ethyl adjacent to an activating group) is 1. The average molecular weight is 229 g/mol. The van der Waals surface area contributed by atoms with Gasteiger partial charge in [-0.05, 0) is 7.05 Å². The van der Waals surface area contributed by atoms with Crippen molar-refractivity contribution in [3.63, 3.8) is 0 Å². The highest BCUT2D eigenvalue weighted by Crippen LogP contribution is 2.00. The van der Waals surface area contributed by atoms with E-state index in [0.717, 1.165) is 52.4 Å². The number of hydrogen-bond donors (Lipinski definition) is 2. The largest absolute Gasteiger partial charge is 0.329 e. The van der Waals surface area contributed by atoms with E-state index < -0.39 is 0 Å². The van der Waals surface area contributed by atoms with Crippen LogP contribution >= 0.6 is 0 Å². The Morgan fingerprint density at radius 2 is 1.44 bits per heavy atom. The molecule has 1 saturated heterocycles. The van der Waals surface area contributed by atoms with Crippen LogP contribution in [0.2, 0.25) is 0 Å². The zero-order chi connectivity index (χ0) is 11.8. The summed E-state index contributed by atoms with van der Waals surface area (Å²) in [5.74, 6) is 0. The van der Waals surface area contributed by atoms with Crippen LogP contribution in [0.4, 0.5) is 0 Å². The highest BCUT2D eigenvalue weighted by Gasteiger charge is 2.15. The highest BCUT2D eigenvalue weighted by atomic mass is 15.3. The van der Waals surface area contributed by atoms with Crippen LogP contribution < -0.4 is 11.5 Å². The molecule has 0 spiro atoms. The Balaban J connectivity index is 2.07. The summed E-state index contributed by atoms with van der Waals surface area (Å²) in [4.78, 5) is 7.27. The molecule has 5 nitrogen and oxygen atoms in total. The Kier molecular flexibility index (Phi) is 6.91. The summed E-state index contributed by atoms with van der Waals surface area (Å²) in [7, 11) is 2.14. The van der Waals surface area contributed by atoms with Gasteiger partial charge in [-0.15, -0.1) is 0 Å². The summed E-state index contributed by atoms with van der Waals surface area (Å²) in [6.07, 6.45) is 0. The highest BCUT2D eigenvalue weighted by molar-refractivity contribution is 4.72. The predicted molar refractivity (Wildman–Crippen MR) is 68.5 cm³/mol. The molecule has 5 heteroatoms. The first-order chi connectivity index (χ1) is 7.76. The first-order valence-corrected chi connectivity index (χ1v) is 6.29. The van der Waals surface area contributed by atoms with E-state index >= 15 is 0 Å². The maximum Gasteiger partial charge on any atom is 0.0110 e. The lowest BCUT2D eigenvalue weighted by Gasteiger charge is -2.35. The van der Waals surface area contributed by atoms with E-state index in [-0.39, 0.29) is 0 Å². The van der Waals surface area contributed by atoms with E-state index in [9.17, 15) is 0 Å². The van der Waals surface area contributed by atoms with Crippen LogP contribution in [0.15, 0.2) is 0 Å². The summed E-state index contributed by atoms with van der Waals surface area (Å²) < 4.78 is 0. The molecule has 0 amide bonds. The lowest BCUT2D eigenvalue weighted by molar-refractivity contribution is 0.125. The van der Waals surface area contributed by atoms with Crippen LogP contribution in [0, 0.1) is 0 Å². The third-order valence-electron chi connectivity index (χ3n) is 3.22. The molecule has 1 aliphatic heterocycles. The molecule has 0 radical (unpaired) electrons. The van der Waals surface area contributed by atoms with Crippen molar-refractivity contribution in [1.29, 1.82) is 0 Å². The van der Waals surface area contributed by atoms with Crippen molar-refractivity contribution in [2.24, 2.45) is 11.5 Å². The van der Waals surface area contributed by atoms with Gasteiger partial charge in [0.25, 0.3) is 0 Å². The number of hydrogen-bond acceptors (Lipinski definition) is 5. The Morgan fingerprint density at radius 3 is 1.94 bits per heavy atom. The van der Waals surface area contributed by atoms with E-state index in [1.807, 2.05) is 0 Å². The first-order valence-electron chi connectivity index (χ1n) is 6.29. The average Bonchev–Trinajstić information content (AvgIpc) is 2.29. The van der Waals surface area contributed by atoms with Gasteiger partial charge < -0.3 is 16.4 Å². The van der Waals surface area contributed by atoms with Gasteiger partial charge in [-0.3, -0.25) is 9.80 Å². The SMILES string of the molecule is CN(CCN)CCN1CCN(CCN)CC1. The third-order valence-corrected chi connectivity index (χ3v) is 3.22. The van der Waals surface area contributed by atoms with Crippen molar-refractivity contribution in [3.05, 3.63) is 0 Å². The van der Waals surface area contributed by atoms with Gasteiger partial charge in [0.05, 0.1) is 0 Å². The molecule has 4 N–H and O–H groups in total. The van der Waals surface area contributed by atoms with Crippen molar-refractivity contribution >= 4 is 0 Å². The predicted octanol–water partition coefficient (Wildman–Crippen LogP) is -1.55. The Bertz CT molecular complexity index is 168. The lowest BCUT2D eigenvalue weighted by Crippen LogP contribution is -2.49. The number of nitrogens with two attached hydrogens (primary N) is 2. The van der Waals surface area contributed by atoms with Gasteiger partial charge in [0.15, 0.2) is 0 Å². The van der Waals surface area contributed by atoms with Gasteiger partial charge in [0, 0.05) is 65.4 Å². The molecule has 16 heavy (non-hydrogen) atoms. The second-order valence-electron chi connectivity index (χ2n) is 4.56. The fourth-order valence-corrected chi connectivity index (χ4v) is 2.06. The van der Waals surface area contributed by atoms with E-state index in [2.05, 4.69) is 21.7 Å². The molecule has 1 rings (SSSR count). The van der Waals surface area contributed by atoms with E-state index in [1.54, 1.807) is 0 Å². The number of rotatable bonds is 7. The van der Waals surface area contributed by atoms with Gasteiger partial charge in [0.2, 0.25) is 0 Å².